The van der Waals surface area contributed by atoms with E-state index in [1.807, 2.05) is 20.8 Å². The summed E-state index contributed by atoms with van der Waals surface area (Å²) in [5.74, 6) is -0.414. The van der Waals surface area contributed by atoms with Gasteiger partial charge in [0.05, 0.1) is 0 Å². The van der Waals surface area contributed by atoms with Crippen LogP contribution in [0.4, 0.5) is 0 Å². The summed E-state index contributed by atoms with van der Waals surface area (Å²) in [7, 11) is 0. The highest BCUT2D eigenvalue weighted by Gasteiger charge is 2.30. The molecule has 1 rings (SSSR count). The van der Waals surface area contributed by atoms with Crippen LogP contribution in [-0.4, -0.2) is 11.0 Å². The predicted molar refractivity (Wildman–Crippen MR) is 88.5 cm³/mol. The molecule has 5 heteroatoms. The summed E-state index contributed by atoms with van der Waals surface area (Å²) < 4.78 is 0. The minimum Gasteiger partial charge on any atom is -0.508 e. The number of aromatic hydroxyl groups is 1. The molecule has 0 aliphatic carbocycles. The Kier molecular flexibility index (Phi) is 7.14. The molecule has 20 heavy (non-hydrogen) atoms. The number of hydrogen-bond donors (Lipinski definition) is 2. The monoisotopic (exact) mass is 321 g/mol. The van der Waals surface area contributed by atoms with Gasteiger partial charge >= 0.3 is 0 Å². The average Bonchev–Trinajstić information content (AvgIpc) is 2.12. The van der Waals surface area contributed by atoms with E-state index in [0.717, 1.165) is 11.1 Å². The van der Waals surface area contributed by atoms with E-state index >= 15 is 0 Å². The van der Waals surface area contributed by atoms with E-state index < -0.39 is 5.91 Å². The Hall–Kier alpha value is -0.930. The highest BCUT2D eigenvalue weighted by molar-refractivity contribution is 5.95. The van der Waals surface area contributed by atoms with Gasteiger partial charge in [-0.1, -0.05) is 41.5 Å². The van der Waals surface area contributed by atoms with Crippen molar-refractivity contribution in [3.05, 3.63) is 28.8 Å². The number of benzene rings is 1. The van der Waals surface area contributed by atoms with Crippen LogP contribution in [0.3, 0.4) is 0 Å². The van der Waals surface area contributed by atoms with E-state index in [4.69, 9.17) is 5.73 Å². The summed E-state index contributed by atoms with van der Waals surface area (Å²) >= 11 is 0. The molecule has 0 saturated carbocycles. The summed E-state index contributed by atoms with van der Waals surface area (Å²) in [6.45, 7) is 12.3. The second-order valence-corrected chi connectivity index (χ2v) is 6.78. The number of primary amides is 1. The average molecular weight is 322 g/mol. The first-order valence-corrected chi connectivity index (χ1v) is 6.12. The summed E-state index contributed by atoms with van der Waals surface area (Å²) in [5, 5.41) is 9.79. The molecule has 0 bridgehead atoms. The van der Waals surface area contributed by atoms with Crippen LogP contribution in [0.2, 0.25) is 0 Å². The zero-order valence-electron chi connectivity index (χ0n) is 12.9. The molecule has 116 valence electrons. The lowest BCUT2D eigenvalue weighted by molar-refractivity contribution is 0.0997. The molecule has 1 aromatic carbocycles. The fourth-order valence-electron chi connectivity index (χ4n) is 2.22. The van der Waals surface area contributed by atoms with Crippen molar-refractivity contribution in [3.8, 4) is 5.75 Å². The summed E-state index contributed by atoms with van der Waals surface area (Å²) in [6.07, 6.45) is 0. The maximum atomic E-state index is 11.6. The molecule has 0 aliphatic heterocycles. The number of halogens is 2. The number of nitrogens with two attached hydrogens (primary N) is 1. The molecule has 0 atom stereocenters. The lowest BCUT2D eigenvalue weighted by Gasteiger charge is -2.31. The van der Waals surface area contributed by atoms with Crippen LogP contribution in [0.25, 0.3) is 0 Å². The van der Waals surface area contributed by atoms with Crippen molar-refractivity contribution in [2.75, 3.05) is 0 Å². The number of phenols is 1. The van der Waals surface area contributed by atoms with Gasteiger partial charge < -0.3 is 10.8 Å². The van der Waals surface area contributed by atoms with Crippen LogP contribution >= 0.6 is 24.8 Å². The normalized spacial score (nSPS) is 11.3. The molecule has 0 aliphatic rings. The summed E-state index contributed by atoms with van der Waals surface area (Å²) in [4.78, 5) is 11.6. The Morgan fingerprint density at radius 3 is 1.75 bits per heavy atom. The maximum Gasteiger partial charge on any atom is 0.249 e. The lowest BCUT2D eigenvalue weighted by Crippen LogP contribution is -2.27. The predicted octanol–water partition coefficient (Wildman–Crippen LogP) is 3.93. The lowest BCUT2D eigenvalue weighted by atomic mass is 9.73. The van der Waals surface area contributed by atoms with Crippen molar-refractivity contribution >= 4 is 30.7 Å². The van der Waals surface area contributed by atoms with Gasteiger partial charge in [0.25, 0.3) is 0 Å². The zero-order chi connectivity index (χ0) is 14.3. The molecule has 3 nitrogen and oxygen atoms in total. The second-order valence-electron chi connectivity index (χ2n) is 6.78. The minimum absolute atomic E-state index is 0. The Morgan fingerprint density at radius 1 is 1.00 bits per heavy atom. The van der Waals surface area contributed by atoms with Crippen molar-refractivity contribution in [3.63, 3.8) is 0 Å². The molecule has 0 aromatic heterocycles. The molecule has 0 saturated heterocycles. The van der Waals surface area contributed by atoms with Gasteiger partial charge in [0.1, 0.15) is 5.75 Å². The SMILES string of the molecule is CC(C)(C)c1cc(O)cc(C(N)=O)c1C(C)(C)C.Cl.Cl. The van der Waals surface area contributed by atoms with Crippen molar-refractivity contribution in [1.29, 1.82) is 0 Å². The third kappa shape index (κ3) is 4.57. The highest BCUT2D eigenvalue weighted by atomic mass is 35.5. The minimum atomic E-state index is -0.499. The van der Waals surface area contributed by atoms with Crippen LogP contribution in [0.1, 0.15) is 63.0 Å². The molecule has 1 amide bonds. The number of amides is 1. The second kappa shape index (κ2) is 6.68. The third-order valence-electron chi connectivity index (χ3n) is 2.95. The number of hydrogen-bond acceptors (Lipinski definition) is 2. The standard InChI is InChI=1S/C15H23NO2.2ClH/c1-14(2,3)11-8-9(17)7-10(13(16)18)12(11)15(4,5)6;;/h7-8,17H,1-6H3,(H2,16,18);2*1H. The van der Waals surface area contributed by atoms with Crippen LogP contribution in [0.5, 0.6) is 5.75 Å². The number of carbonyl (C=O) groups is 1. The number of rotatable bonds is 1. The number of phenolic OH excluding ortho intramolecular Hbond substituents is 1. The molecule has 0 fully saturated rings. The van der Waals surface area contributed by atoms with Gasteiger partial charge in [0.2, 0.25) is 5.91 Å². The van der Waals surface area contributed by atoms with Gasteiger partial charge in [-0.25, -0.2) is 0 Å². The fourth-order valence-corrected chi connectivity index (χ4v) is 2.22. The fraction of sp³-hybridized carbons (Fsp3) is 0.533. The van der Waals surface area contributed by atoms with Gasteiger partial charge in [-0.2, -0.15) is 0 Å². The quantitative estimate of drug-likeness (QED) is 0.823. The third-order valence-corrected chi connectivity index (χ3v) is 2.95. The Labute approximate surface area is 133 Å². The first-order chi connectivity index (χ1) is 7.94. The van der Waals surface area contributed by atoms with Gasteiger partial charge in [-0.3, -0.25) is 4.79 Å². The maximum absolute atomic E-state index is 11.6. The molecule has 0 spiro atoms. The Morgan fingerprint density at radius 2 is 1.45 bits per heavy atom. The topological polar surface area (TPSA) is 63.3 Å². The van der Waals surface area contributed by atoms with Crippen LogP contribution in [0.15, 0.2) is 12.1 Å². The van der Waals surface area contributed by atoms with E-state index in [-0.39, 0.29) is 41.4 Å². The highest BCUT2D eigenvalue weighted by Crippen LogP contribution is 2.38. The van der Waals surface area contributed by atoms with Crippen LogP contribution in [-0.2, 0) is 10.8 Å². The molecule has 1 aromatic rings. The smallest absolute Gasteiger partial charge is 0.249 e. The Balaban J connectivity index is 0. The van der Waals surface area contributed by atoms with Crippen LogP contribution in [0, 0.1) is 0 Å². The van der Waals surface area contributed by atoms with E-state index in [1.54, 1.807) is 6.07 Å². The molecular formula is C15H25Cl2NO2. The zero-order valence-corrected chi connectivity index (χ0v) is 14.5. The number of carbonyl (C=O) groups excluding carboxylic acids is 1. The molecule has 3 N–H and O–H groups in total. The van der Waals surface area contributed by atoms with E-state index in [1.165, 1.54) is 6.07 Å². The van der Waals surface area contributed by atoms with Gasteiger partial charge in [-0.05, 0) is 34.1 Å². The van der Waals surface area contributed by atoms with Crippen molar-refractivity contribution < 1.29 is 9.90 Å². The summed E-state index contributed by atoms with van der Waals surface area (Å²) in [6, 6.07) is 3.19. The first-order valence-electron chi connectivity index (χ1n) is 6.12. The van der Waals surface area contributed by atoms with Gasteiger partial charge in [-0.15, -0.1) is 24.8 Å². The molecule has 0 unspecified atom stereocenters. The first kappa shape index (κ1) is 21.4. The van der Waals surface area contributed by atoms with E-state index in [0.29, 0.717) is 5.56 Å². The molecule has 0 heterocycles. The summed E-state index contributed by atoms with van der Waals surface area (Å²) in [5.41, 5.74) is 7.36. The molecule has 0 radical (unpaired) electrons. The van der Waals surface area contributed by atoms with Crippen molar-refractivity contribution in [2.24, 2.45) is 5.73 Å². The van der Waals surface area contributed by atoms with Crippen molar-refractivity contribution in [1.82, 2.24) is 0 Å². The molecular weight excluding hydrogens is 297 g/mol. The largest absolute Gasteiger partial charge is 0.508 e. The van der Waals surface area contributed by atoms with E-state index in [9.17, 15) is 9.90 Å². The Bertz CT molecular complexity index is 486. The van der Waals surface area contributed by atoms with Gasteiger partial charge in [0.15, 0.2) is 0 Å². The van der Waals surface area contributed by atoms with Gasteiger partial charge in [0, 0.05) is 5.56 Å². The van der Waals surface area contributed by atoms with Crippen LogP contribution < -0.4 is 5.73 Å². The van der Waals surface area contributed by atoms with Crippen molar-refractivity contribution in [2.45, 2.75) is 52.4 Å². The van der Waals surface area contributed by atoms with E-state index in [2.05, 4.69) is 20.8 Å².